The van der Waals surface area contributed by atoms with E-state index in [1.807, 2.05) is 0 Å². The first kappa shape index (κ1) is 15.0. The van der Waals surface area contributed by atoms with Crippen LogP contribution in [0.4, 0.5) is 0 Å². The van der Waals surface area contributed by atoms with Crippen LogP contribution in [0, 0.1) is 0 Å². The zero-order chi connectivity index (χ0) is 14.6. The largest absolute Gasteiger partial charge is 0.423 e. The summed E-state index contributed by atoms with van der Waals surface area (Å²) in [6.45, 7) is 3.49. The van der Waals surface area contributed by atoms with Gasteiger partial charge in [0.25, 0.3) is 0 Å². The molecule has 102 valence electrons. The summed E-state index contributed by atoms with van der Waals surface area (Å²) in [5, 5.41) is 0.0438. The zero-order valence-corrected chi connectivity index (χ0v) is 11.2. The number of rotatable bonds is 3. The molecule has 0 amide bonds. The van der Waals surface area contributed by atoms with Gasteiger partial charge in [-0.2, -0.15) is 0 Å². The van der Waals surface area contributed by atoms with Gasteiger partial charge in [0.05, 0.1) is 5.02 Å². The summed E-state index contributed by atoms with van der Waals surface area (Å²) < 4.78 is 14.6. The fourth-order valence-electron chi connectivity index (χ4n) is 1.23. The van der Waals surface area contributed by atoms with Crippen molar-refractivity contribution in [1.29, 1.82) is 0 Å². The maximum Gasteiger partial charge on any atom is 0.308 e. The number of carbonyl (C=O) groups excluding carboxylic acids is 3. The predicted octanol–water partition coefficient (Wildman–Crippen LogP) is 2.12. The molecule has 0 radical (unpaired) electrons. The topological polar surface area (TPSA) is 78.9 Å². The van der Waals surface area contributed by atoms with E-state index < -0.39 is 17.9 Å². The van der Waals surface area contributed by atoms with Crippen molar-refractivity contribution in [2.24, 2.45) is 0 Å². The van der Waals surface area contributed by atoms with Gasteiger partial charge in [-0.15, -0.1) is 0 Å². The summed E-state index contributed by atoms with van der Waals surface area (Å²) in [6, 6.07) is 2.68. The third-order valence-corrected chi connectivity index (χ3v) is 2.07. The Bertz CT molecular complexity index is 537. The van der Waals surface area contributed by atoms with Gasteiger partial charge in [-0.05, 0) is 12.1 Å². The molecule has 0 N–H and O–H groups in total. The average Bonchev–Trinajstić information content (AvgIpc) is 2.25. The Morgan fingerprint density at radius 2 is 1.32 bits per heavy atom. The highest BCUT2D eigenvalue weighted by atomic mass is 35.5. The summed E-state index contributed by atoms with van der Waals surface area (Å²) in [5.41, 5.74) is 0. The molecule has 6 nitrogen and oxygen atoms in total. The van der Waals surface area contributed by atoms with E-state index in [9.17, 15) is 14.4 Å². The van der Waals surface area contributed by atoms with Crippen LogP contribution in [0.1, 0.15) is 20.8 Å². The second-order valence-corrected chi connectivity index (χ2v) is 3.89. The molecule has 1 aromatic rings. The van der Waals surface area contributed by atoms with E-state index in [0.29, 0.717) is 0 Å². The fraction of sp³-hybridized carbons (Fsp3) is 0.250. The molecule has 0 saturated heterocycles. The number of hydrogen-bond acceptors (Lipinski definition) is 6. The number of esters is 3. The highest BCUT2D eigenvalue weighted by molar-refractivity contribution is 6.32. The van der Waals surface area contributed by atoms with E-state index in [-0.39, 0.29) is 22.3 Å². The van der Waals surface area contributed by atoms with Gasteiger partial charge in [-0.1, -0.05) is 11.6 Å². The van der Waals surface area contributed by atoms with Gasteiger partial charge in [0.2, 0.25) is 5.75 Å². The van der Waals surface area contributed by atoms with Crippen molar-refractivity contribution in [3.8, 4) is 17.2 Å². The van der Waals surface area contributed by atoms with Gasteiger partial charge in [-0.25, -0.2) is 0 Å². The minimum Gasteiger partial charge on any atom is -0.423 e. The van der Waals surface area contributed by atoms with Crippen molar-refractivity contribution in [3.05, 3.63) is 17.2 Å². The van der Waals surface area contributed by atoms with Crippen LogP contribution in [0.3, 0.4) is 0 Å². The maximum absolute atomic E-state index is 11.1. The van der Waals surface area contributed by atoms with Crippen LogP contribution in [0.15, 0.2) is 12.1 Å². The number of halogens is 1. The standard InChI is InChI=1S/C12H11ClO6/c1-6(14)17-10-5-4-9(13)11(18-7(2)15)12(10)19-8(3)16/h4-5H,1-3H3. The van der Waals surface area contributed by atoms with Crippen LogP contribution < -0.4 is 14.2 Å². The SMILES string of the molecule is CC(=O)Oc1ccc(Cl)c(OC(C)=O)c1OC(C)=O. The number of ether oxygens (including phenoxy) is 3. The van der Waals surface area contributed by atoms with Gasteiger partial charge in [0.1, 0.15) is 0 Å². The highest BCUT2D eigenvalue weighted by Gasteiger charge is 2.21. The van der Waals surface area contributed by atoms with Crippen LogP contribution in [-0.4, -0.2) is 17.9 Å². The Kier molecular flexibility index (Phi) is 4.88. The first-order chi connectivity index (χ1) is 8.81. The number of carbonyl (C=O) groups is 3. The third-order valence-electron chi connectivity index (χ3n) is 1.77. The minimum absolute atomic E-state index is 0.0438. The number of hydrogen-bond donors (Lipinski definition) is 0. The van der Waals surface area contributed by atoms with E-state index in [1.54, 1.807) is 0 Å². The maximum atomic E-state index is 11.1. The molecule has 0 aliphatic carbocycles. The molecule has 0 bridgehead atoms. The Morgan fingerprint density at radius 3 is 1.79 bits per heavy atom. The summed E-state index contributed by atoms with van der Waals surface area (Å²) in [6.07, 6.45) is 0. The Balaban J connectivity index is 3.35. The van der Waals surface area contributed by atoms with Gasteiger partial charge in [0, 0.05) is 20.8 Å². The van der Waals surface area contributed by atoms with Crippen LogP contribution >= 0.6 is 11.6 Å². The summed E-state index contributed by atoms with van der Waals surface area (Å²) in [5.74, 6) is -2.42. The average molecular weight is 287 g/mol. The lowest BCUT2D eigenvalue weighted by Gasteiger charge is -2.13. The van der Waals surface area contributed by atoms with Crippen LogP contribution in [-0.2, 0) is 14.4 Å². The van der Waals surface area contributed by atoms with Crippen molar-refractivity contribution in [1.82, 2.24) is 0 Å². The van der Waals surface area contributed by atoms with Crippen LogP contribution in [0.5, 0.6) is 17.2 Å². The van der Waals surface area contributed by atoms with Gasteiger partial charge in [-0.3, -0.25) is 14.4 Å². The molecular formula is C12H11ClO6. The highest BCUT2D eigenvalue weighted by Crippen LogP contribution is 2.43. The normalized spacial score (nSPS) is 9.68. The van der Waals surface area contributed by atoms with Crippen molar-refractivity contribution in [2.45, 2.75) is 20.8 Å². The Labute approximate surface area is 114 Å². The third kappa shape index (κ3) is 4.26. The van der Waals surface area contributed by atoms with Gasteiger partial charge in [0.15, 0.2) is 11.5 Å². The molecule has 0 unspecified atom stereocenters. The molecule has 0 aliphatic rings. The molecule has 0 saturated carbocycles. The molecule has 0 fully saturated rings. The lowest BCUT2D eigenvalue weighted by atomic mass is 10.3. The fourth-order valence-corrected chi connectivity index (χ4v) is 1.42. The van der Waals surface area contributed by atoms with E-state index >= 15 is 0 Å². The quantitative estimate of drug-likeness (QED) is 0.625. The molecule has 7 heteroatoms. The molecular weight excluding hydrogens is 276 g/mol. The Hall–Kier alpha value is -2.08. The van der Waals surface area contributed by atoms with Crippen LogP contribution in [0.2, 0.25) is 5.02 Å². The molecule has 0 aliphatic heterocycles. The van der Waals surface area contributed by atoms with E-state index in [2.05, 4.69) is 0 Å². The first-order valence-electron chi connectivity index (χ1n) is 5.19. The van der Waals surface area contributed by atoms with Crippen molar-refractivity contribution < 1.29 is 28.6 Å². The molecule has 0 aromatic heterocycles. The monoisotopic (exact) mass is 286 g/mol. The second-order valence-electron chi connectivity index (χ2n) is 3.48. The van der Waals surface area contributed by atoms with Crippen LogP contribution in [0.25, 0.3) is 0 Å². The van der Waals surface area contributed by atoms with E-state index in [4.69, 9.17) is 25.8 Å². The molecule has 1 rings (SSSR count). The van der Waals surface area contributed by atoms with Crippen molar-refractivity contribution >= 4 is 29.5 Å². The van der Waals surface area contributed by atoms with E-state index in [1.165, 1.54) is 19.1 Å². The van der Waals surface area contributed by atoms with Crippen molar-refractivity contribution in [3.63, 3.8) is 0 Å². The van der Waals surface area contributed by atoms with Gasteiger partial charge >= 0.3 is 17.9 Å². The predicted molar refractivity (Wildman–Crippen MR) is 65.4 cm³/mol. The Morgan fingerprint density at radius 1 is 0.842 bits per heavy atom. The summed E-state index contributed by atoms with van der Waals surface area (Å²) in [4.78, 5) is 33.0. The molecule has 1 aromatic carbocycles. The summed E-state index contributed by atoms with van der Waals surface area (Å²) in [7, 11) is 0. The molecule has 0 heterocycles. The molecule has 0 spiro atoms. The second kappa shape index (κ2) is 6.19. The van der Waals surface area contributed by atoms with E-state index in [0.717, 1.165) is 13.8 Å². The van der Waals surface area contributed by atoms with Crippen molar-refractivity contribution in [2.75, 3.05) is 0 Å². The van der Waals surface area contributed by atoms with Gasteiger partial charge < -0.3 is 14.2 Å². The minimum atomic E-state index is -0.677. The molecule has 0 atom stereocenters. The smallest absolute Gasteiger partial charge is 0.308 e. The lowest BCUT2D eigenvalue weighted by Crippen LogP contribution is -2.10. The first-order valence-corrected chi connectivity index (χ1v) is 5.56. The lowest BCUT2D eigenvalue weighted by molar-refractivity contribution is -0.135. The number of benzene rings is 1. The molecule has 19 heavy (non-hydrogen) atoms. The summed E-state index contributed by atoms with van der Waals surface area (Å²) >= 11 is 5.86. The zero-order valence-electron chi connectivity index (χ0n) is 10.5.